The number of allylic oxidation sites excluding steroid dienone is 1. The third-order valence-corrected chi connectivity index (χ3v) is 4.28. The van der Waals surface area contributed by atoms with E-state index in [0.717, 1.165) is 35.2 Å². The van der Waals surface area contributed by atoms with E-state index in [2.05, 4.69) is 23.3 Å². The first-order valence-corrected chi connectivity index (χ1v) is 7.61. The molecule has 0 atom stereocenters. The summed E-state index contributed by atoms with van der Waals surface area (Å²) in [5.41, 5.74) is 6.17. The van der Waals surface area contributed by atoms with Gasteiger partial charge in [0.25, 0.3) is 0 Å². The standard InChI is InChI=1S/C19H16N2O2/c1-23-19(22)14-6-5-13-3-2-4-16(17(13)11-14)15-7-8-18-20-9-10-21(18)12-15/h4-12H,2-3H2,1H3. The summed E-state index contributed by atoms with van der Waals surface area (Å²) in [5.74, 6) is -0.303. The van der Waals surface area contributed by atoms with Crippen molar-refractivity contribution in [3.8, 4) is 0 Å². The molecule has 114 valence electrons. The van der Waals surface area contributed by atoms with Crippen LogP contribution in [0.4, 0.5) is 0 Å². The number of pyridine rings is 1. The first-order valence-electron chi connectivity index (χ1n) is 7.61. The second kappa shape index (κ2) is 5.39. The molecule has 0 spiro atoms. The molecule has 1 aliphatic carbocycles. The van der Waals surface area contributed by atoms with Gasteiger partial charge in [-0.1, -0.05) is 12.1 Å². The van der Waals surface area contributed by atoms with Crippen molar-refractivity contribution in [2.45, 2.75) is 12.8 Å². The molecule has 0 N–H and O–H groups in total. The third-order valence-electron chi connectivity index (χ3n) is 4.28. The summed E-state index contributed by atoms with van der Waals surface area (Å²) < 4.78 is 6.85. The molecule has 0 radical (unpaired) electrons. The Balaban J connectivity index is 1.84. The minimum Gasteiger partial charge on any atom is -0.465 e. The zero-order chi connectivity index (χ0) is 15.8. The quantitative estimate of drug-likeness (QED) is 0.681. The average molecular weight is 304 g/mol. The number of aryl methyl sites for hydroxylation is 1. The zero-order valence-electron chi connectivity index (χ0n) is 12.8. The van der Waals surface area contributed by atoms with Crippen LogP contribution in [0.5, 0.6) is 0 Å². The molecule has 1 aromatic carbocycles. The number of fused-ring (bicyclic) bond motifs is 2. The van der Waals surface area contributed by atoms with Crippen LogP contribution < -0.4 is 0 Å². The smallest absolute Gasteiger partial charge is 0.337 e. The van der Waals surface area contributed by atoms with Crippen molar-refractivity contribution in [3.05, 3.63) is 77.3 Å². The predicted molar refractivity (Wildman–Crippen MR) is 88.4 cm³/mol. The van der Waals surface area contributed by atoms with Crippen LogP contribution in [0.15, 0.2) is 55.0 Å². The van der Waals surface area contributed by atoms with Gasteiger partial charge in [-0.25, -0.2) is 9.78 Å². The Morgan fingerprint density at radius 3 is 3.04 bits per heavy atom. The lowest BCUT2D eigenvalue weighted by Gasteiger charge is -2.19. The fourth-order valence-electron chi connectivity index (χ4n) is 3.12. The third kappa shape index (κ3) is 2.32. The molecule has 2 heterocycles. The lowest BCUT2D eigenvalue weighted by molar-refractivity contribution is 0.0600. The van der Waals surface area contributed by atoms with Crippen molar-refractivity contribution in [1.29, 1.82) is 0 Å². The van der Waals surface area contributed by atoms with Crippen LogP contribution in [0.1, 0.15) is 33.5 Å². The van der Waals surface area contributed by atoms with E-state index in [1.165, 1.54) is 12.7 Å². The topological polar surface area (TPSA) is 43.6 Å². The molecule has 0 unspecified atom stereocenters. The van der Waals surface area contributed by atoms with Crippen molar-refractivity contribution >= 4 is 17.2 Å². The molecule has 4 heteroatoms. The van der Waals surface area contributed by atoms with Gasteiger partial charge < -0.3 is 9.14 Å². The average Bonchev–Trinajstić information content (AvgIpc) is 3.07. The van der Waals surface area contributed by atoms with E-state index in [0.29, 0.717) is 5.56 Å². The maximum absolute atomic E-state index is 11.8. The van der Waals surface area contributed by atoms with E-state index in [-0.39, 0.29) is 5.97 Å². The van der Waals surface area contributed by atoms with Gasteiger partial charge in [-0.15, -0.1) is 0 Å². The maximum atomic E-state index is 11.8. The monoisotopic (exact) mass is 304 g/mol. The van der Waals surface area contributed by atoms with Gasteiger partial charge in [0.15, 0.2) is 0 Å². The summed E-state index contributed by atoms with van der Waals surface area (Å²) in [7, 11) is 1.41. The number of rotatable bonds is 2. The summed E-state index contributed by atoms with van der Waals surface area (Å²) in [6, 6.07) is 9.89. The molecule has 0 bridgehead atoms. The van der Waals surface area contributed by atoms with Crippen molar-refractivity contribution < 1.29 is 9.53 Å². The Bertz CT molecular complexity index is 937. The number of esters is 1. The molecule has 1 aliphatic rings. The van der Waals surface area contributed by atoms with Crippen LogP contribution in [0.2, 0.25) is 0 Å². The highest BCUT2D eigenvalue weighted by molar-refractivity contribution is 5.92. The molecule has 0 fully saturated rings. The number of carbonyl (C=O) groups excluding carboxylic acids is 1. The number of carbonyl (C=O) groups is 1. The minimum absolute atomic E-state index is 0.303. The lowest BCUT2D eigenvalue weighted by atomic mass is 9.86. The largest absolute Gasteiger partial charge is 0.465 e. The Labute approximate surface area is 134 Å². The van der Waals surface area contributed by atoms with Crippen LogP contribution in [0.3, 0.4) is 0 Å². The molecule has 0 saturated heterocycles. The van der Waals surface area contributed by atoms with Crippen LogP contribution >= 0.6 is 0 Å². The number of hydrogen-bond donors (Lipinski definition) is 0. The van der Waals surface area contributed by atoms with E-state index in [1.807, 2.05) is 34.9 Å². The van der Waals surface area contributed by atoms with Gasteiger partial charge >= 0.3 is 5.97 Å². The molecule has 0 amide bonds. The fraction of sp³-hybridized carbons (Fsp3) is 0.158. The van der Waals surface area contributed by atoms with E-state index in [1.54, 1.807) is 6.20 Å². The summed E-state index contributed by atoms with van der Waals surface area (Å²) in [6.45, 7) is 0. The second-order valence-electron chi connectivity index (χ2n) is 5.63. The van der Waals surface area contributed by atoms with E-state index in [4.69, 9.17) is 4.74 Å². The molecule has 4 nitrogen and oxygen atoms in total. The minimum atomic E-state index is -0.303. The van der Waals surface area contributed by atoms with Gasteiger partial charge in [0.05, 0.1) is 12.7 Å². The second-order valence-corrected chi connectivity index (χ2v) is 5.63. The van der Waals surface area contributed by atoms with E-state index < -0.39 is 0 Å². The molecule has 3 aromatic rings. The molecular formula is C19H16N2O2. The highest BCUT2D eigenvalue weighted by atomic mass is 16.5. The van der Waals surface area contributed by atoms with Crippen molar-refractivity contribution in [3.63, 3.8) is 0 Å². The predicted octanol–water partition coefficient (Wildman–Crippen LogP) is 3.50. The molecule has 2 aromatic heterocycles. The molecule has 0 aliphatic heterocycles. The molecule has 4 rings (SSSR count). The Morgan fingerprint density at radius 1 is 1.26 bits per heavy atom. The fourth-order valence-corrected chi connectivity index (χ4v) is 3.12. The van der Waals surface area contributed by atoms with Crippen LogP contribution in [-0.4, -0.2) is 22.5 Å². The lowest BCUT2D eigenvalue weighted by Crippen LogP contribution is -2.06. The number of benzene rings is 1. The van der Waals surface area contributed by atoms with Gasteiger partial charge in [0.2, 0.25) is 0 Å². The summed E-state index contributed by atoms with van der Waals surface area (Å²) >= 11 is 0. The van der Waals surface area contributed by atoms with Crippen LogP contribution in [0, 0.1) is 0 Å². The summed E-state index contributed by atoms with van der Waals surface area (Å²) in [5, 5.41) is 0. The molecular weight excluding hydrogens is 288 g/mol. The Hall–Kier alpha value is -2.88. The summed E-state index contributed by atoms with van der Waals surface area (Å²) in [6.07, 6.45) is 10.0. The van der Waals surface area contributed by atoms with E-state index in [9.17, 15) is 4.79 Å². The highest BCUT2D eigenvalue weighted by Crippen LogP contribution is 2.32. The van der Waals surface area contributed by atoms with Crippen molar-refractivity contribution in [2.75, 3.05) is 7.11 Å². The van der Waals surface area contributed by atoms with Gasteiger partial charge in [-0.05, 0) is 59.4 Å². The molecule has 23 heavy (non-hydrogen) atoms. The van der Waals surface area contributed by atoms with Gasteiger partial charge in [-0.3, -0.25) is 0 Å². The first-order chi connectivity index (χ1) is 11.3. The van der Waals surface area contributed by atoms with Crippen molar-refractivity contribution in [2.24, 2.45) is 0 Å². The van der Waals surface area contributed by atoms with Crippen molar-refractivity contribution in [1.82, 2.24) is 9.38 Å². The number of aromatic nitrogens is 2. The number of imidazole rings is 1. The Morgan fingerprint density at radius 2 is 2.17 bits per heavy atom. The van der Waals surface area contributed by atoms with Gasteiger partial charge in [-0.2, -0.15) is 0 Å². The number of hydrogen-bond acceptors (Lipinski definition) is 3. The molecule has 0 saturated carbocycles. The maximum Gasteiger partial charge on any atom is 0.337 e. The first kappa shape index (κ1) is 13.8. The van der Waals surface area contributed by atoms with Gasteiger partial charge in [0, 0.05) is 18.6 Å². The van der Waals surface area contributed by atoms with Crippen LogP contribution in [0.25, 0.3) is 11.2 Å². The Kier molecular flexibility index (Phi) is 3.23. The highest BCUT2D eigenvalue weighted by Gasteiger charge is 2.17. The van der Waals surface area contributed by atoms with E-state index >= 15 is 0 Å². The normalized spacial score (nSPS) is 13.5. The van der Waals surface area contributed by atoms with Crippen LogP contribution in [-0.2, 0) is 11.2 Å². The number of methoxy groups -OCH3 is 1. The van der Waals surface area contributed by atoms with Gasteiger partial charge in [0.1, 0.15) is 5.65 Å². The SMILES string of the molecule is COC(=O)c1ccc2c(c1)C(c1ccc3nccn3c1)=CCC2. The summed E-state index contributed by atoms with van der Waals surface area (Å²) in [4.78, 5) is 16.1. The zero-order valence-corrected chi connectivity index (χ0v) is 12.8. The number of ether oxygens (including phenoxy) is 1. The number of nitrogens with zero attached hydrogens (tertiary/aromatic N) is 2.